The van der Waals surface area contributed by atoms with Gasteiger partial charge in [0.2, 0.25) is 0 Å². The molecule has 0 unspecified atom stereocenters. The molecule has 4 heteroatoms. The molecule has 130 valence electrons. The molecule has 1 aromatic heterocycles. The first-order chi connectivity index (χ1) is 11.3. The highest BCUT2D eigenvalue weighted by Crippen LogP contribution is 2.29. The van der Waals surface area contributed by atoms with Gasteiger partial charge in [-0.25, -0.2) is 0 Å². The molecule has 4 nitrogen and oxygen atoms in total. The highest BCUT2D eigenvalue weighted by atomic mass is 16.1. The lowest BCUT2D eigenvalue weighted by atomic mass is 9.93. The summed E-state index contributed by atoms with van der Waals surface area (Å²) in [5, 5.41) is 4.13. The number of nitrogens with one attached hydrogen (secondary N) is 1. The second-order valence-corrected chi connectivity index (χ2v) is 6.96. The first-order valence-corrected chi connectivity index (χ1v) is 8.70. The number of benzene rings is 1. The molecule has 1 aromatic carbocycles. The van der Waals surface area contributed by atoms with Crippen LogP contribution >= 0.6 is 0 Å². The van der Waals surface area contributed by atoms with Gasteiger partial charge in [0.1, 0.15) is 0 Å². The molecule has 0 fully saturated rings. The maximum absolute atomic E-state index is 12.7. The number of amides is 1. The van der Waals surface area contributed by atoms with Gasteiger partial charge in [-0.3, -0.25) is 9.78 Å². The van der Waals surface area contributed by atoms with Crippen LogP contribution in [0, 0.1) is 6.92 Å². The third-order valence-corrected chi connectivity index (χ3v) is 4.25. The van der Waals surface area contributed by atoms with Gasteiger partial charge >= 0.3 is 0 Å². The first kappa shape index (κ1) is 18.4. The van der Waals surface area contributed by atoms with Gasteiger partial charge in [0, 0.05) is 24.2 Å². The van der Waals surface area contributed by atoms with Gasteiger partial charge in [0.25, 0.3) is 5.91 Å². The van der Waals surface area contributed by atoms with E-state index in [1.54, 1.807) is 0 Å². The number of aryl methyl sites for hydroxylation is 2. The first-order valence-electron chi connectivity index (χ1n) is 8.70. The number of carbonyl (C=O) groups is 1. The second-order valence-electron chi connectivity index (χ2n) is 6.96. The molecule has 1 heterocycles. The minimum atomic E-state index is -0.0371. The molecular formula is C20H29N3O. The quantitative estimate of drug-likeness (QED) is 0.883. The van der Waals surface area contributed by atoms with Crippen molar-refractivity contribution in [1.29, 1.82) is 0 Å². The van der Waals surface area contributed by atoms with Crippen LogP contribution in [0.25, 0.3) is 10.9 Å². The molecule has 0 aliphatic rings. The van der Waals surface area contributed by atoms with Crippen LogP contribution in [0.1, 0.15) is 53.9 Å². The lowest BCUT2D eigenvalue weighted by Gasteiger charge is -2.16. The number of rotatable bonds is 6. The Balaban J connectivity index is 2.53. The van der Waals surface area contributed by atoms with Crippen LogP contribution in [-0.2, 0) is 6.42 Å². The molecule has 24 heavy (non-hydrogen) atoms. The van der Waals surface area contributed by atoms with E-state index in [9.17, 15) is 4.79 Å². The zero-order chi connectivity index (χ0) is 17.9. The van der Waals surface area contributed by atoms with Crippen LogP contribution < -0.4 is 5.32 Å². The molecule has 0 aliphatic heterocycles. The molecule has 2 aromatic rings. The molecule has 0 saturated carbocycles. The highest BCUT2D eigenvalue weighted by molar-refractivity contribution is 6.06. The Hall–Kier alpha value is -1.94. The molecule has 0 radical (unpaired) electrons. The molecule has 2 rings (SSSR count). The minimum Gasteiger partial charge on any atom is -0.351 e. The van der Waals surface area contributed by atoms with Crippen molar-refractivity contribution in [1.82, 2.24) is 15.2 Å². The van der Waals surface area contributed by atoms with Crippen LogP contribution in [0.15, 0.2) is 18.2 Å². The Labute approximate surface area is 145 Å². The van der Waals surface area contributed by atoms with Crippen molar-refractivity contribution in [2.45, 2.75) is 40.0 Å². The van der Waals surface area contributed by atoms with Crippen molar-refractivity contribution in [2.75, 3.05) is 27.2 Å². The molecule has 1 amide bonds. The van der Waals surface area contributed by atoms with E-state index in [1.165, 1.54) is 11.1 Å². The van der Waals surface area contributed by atoms with Gasteiger partial charge in [-0.05, 0) is 62.7 Å². The van der Waals surface area contributed by atoms with E-state index in [-0.39, 0.29) is 5.91 Å². The van der Waals surface area contributed by atoms with Crippen molar-refractivity contribution in [3.05, 3.63) is 40.6 Å². The number of likely N-dealkylation sites (N-methyl/N-ethyl adjacent to an activating group) is 1. The van der Waals surface area contributed by atoms with Crippen molar-refractivity contribution in [3.63, 3.8) is 0 Å². The van der Waals surface area contributed by atoms with Crippen LogP contribution in [0.3, 0.4) is 0 Å². The van der Waals surface area contributed by atoms with E-state index >= 15 is 0 Å². The molecule has 0 bridgehead atoms. The Kier molecular flexibility index (Phi) is 5.94. The predicted octanol–water partition coefficient (Wildman–Crippen LogP) is 3.52. The average Bonchev–Trinajstić information content (AvgIpc) is 2.52. The average molecular weight is 327 g/mol. The fraction of sp³-hybridized carbons (Fsp3) is 0.500. The SMILES string of the molecule is CCc1cc(C(=O)NCCN(C)C)c2nc(C)cc(C(C)C)c2c1. The smallest absolute Gasteiger partial charge is 0.253 e. The van der Waals surface area contributed by atoms with E-state index in [1.807, 2.05) is 27.1 Å². The highest BCUT2D eigenvalue weighted by Gasteiger charge is 2.16. The van der Waals surface area contributed by atoms with E-state index in [0.29, 0.717) is 18.0 Å². The number of hydrogen-bond acceptors (Lipinski definition) is 3. The molecule has 0 atom stereocenters. The standard InChI is InChI=1S/C20H29N3O/c1-7-15-11-17-16(13(2)3)10-14(4)22-19(17)18(12-15)20(24)21-8-9-23(5)6/h10-13H,7-9H2,1-6H3,(H,21,24). The molecule has 0 spiro atoms. The van der Waals surface area contributed by atoms with Crippen molar-refractivity contribution < 1.29 is 4.79 Å². The molecular weight excluding hydrogens is 298 g/mol. The van der Waals surface area contributed by atoms with Crippen LogP contribution in [0.2, 0.25) is 0 Å². The number of fused-ring (bicyclic) bond motifs is 1. The van der Waals surface area contributed by atoms with Crippen LogP contribution in [0.4, 0.5) is 0 Å². The molecule has 0 saturated heterocycles. The van der Waals surface area contributed by atoms with Gasteiger partial charge in [0.05, 0.1) is 11.1 Å². The number of hydrogen-bond donors (Lipinski definition) is 1. The van der Waals surface area contributed by atoms with E-state index in [4.69, 9.17) is 0 Å². The fourth-order valence-electron chi connectivity index (χ4n) is 2.89. The van der Waals surface area contributed by atoms with Gasteiger partial charge < -0.3 is 10.2 Å². The molecule has 0 aliphatic carbocycles. The Morgan fingerprint density at radius 3 is 2.54 bits per heavy atom. The third kappa shape index (κ3) is 4.12. The third-order valence-electron chi connectivity index (χ3n) is 4.25. The summed E-state index contributed by atoms with van der Waals surface area (Å²) < 4.78 is 0. The maximum atomic E-state index is 12.7. The number of nitrogens with zero attached hydrogens (tertiary/aromatic N) is 2. The predicted molar refractivity (Wildman–Crippen MR) is 101 cm³/mol. The zero-order valence-electron chi connectivity index (χ0n) is 15.7. The topological polar surface area (TPSA) is 45.2 Å². The van der Waals surface area contributed by atoms with E-state index < -0.39 is 0 Å². The van der Waals surface area contributed by atoms with Gasteiger partial charge in [-0.2, -0.15) is 0 Å². The normalized spacial score (nSPS) is 11.5. The summed E-state index contributed by atoms with van der Waals surface area (Å²) in [6, 6.07) is 6.32. The van der Waals surface area contributed by atoms with Gasteiger partial charge in [-0.1, -0.05) is 20.8 Å². The fourth-order valence-corrected chi connectivity index (χ4v) is 2.89. The van der Waals surface area contributed by atoms with E-state index in [0.717, 1.165) is 29.6 Å². The van der Waals surface area contributed by atoms with Crippen molar-refractivity contribution >= 4 is 16.8 Å². The monoisotopic (exact) mass is 327 g/mol. The number of carbonyl (C=O) groups excluding carboxylic acids is 1. The Morgan fingerprint density at radius 2 is 1.96 bits per heavy atom. The van der Waals surface area contributed by atoms with Gasteiger partial charge in [0.15, 0.2) is 0 Å². The minimum absolute atomic E-state index is 0.0371. The summed E-state index contributed by atoms with van der Waals surface area (Å²) in [6.07, 6.45) is 0.902. The van der Waals surface area contributed by atoms with Crippen LogP contribution in [-0.4, -0.2) is 43.0 Å². The van der Waals surface area contributed by atoms with Crippen molar-refractivity contribution in [3.8, 4) is 0 Å². The summed E-state index contributed by atoms with van der Waals surface area (Å²) in [7, 11) is 4.00. The maximum Gasteiger partial charge on any atom is 0.253 e. The summed E-state index contributed by atoms with van der Waals surface area (Å²) in [5.41, 5.74) is 4.90. The number of pyridine rings is 1. The summed E-state index contributed by atoms with van der Waals surface area (Å²) in [5.74, 6) is 0.357. The zero-order valence-corrected chi connectivity index (χ0v) is 15.7. The summed E-state index contributed by atoms with van der Waals surface area (Å²) >= 11 is 0. The number of aromatic nitrogens is 1. The van der Waals surface area contributed by atoms with Crippen LogP contribution in [0.5, 0.6) is 0 Å². The second kappa shape index (κ2) is 7.75. The molecule has 1 N–H and O–H groups in total. The lowest BCUT2D eigenvalue weighted by molar-refractivity contribution is 0.0952. The Bertz CT molecular complexity index is 735. The Morgan fingerprint density at radius 1 is 1.25 bits per heavy atom. The summed E-state index contributed by atoms with van der Waals surface area (Å²) in [6.45, 7) is 9.93. The van der Waals surface area contributed by atoms with Gasteiger partial charge in [-0.15, -0.1) is 0 Å². The largest absolute Gasteiger partial charge is 0.351 e. The van der Waals surface area contributed by atoms with E-state index in [2.05, 4.69) is 48.1 Å². The summed E-state index contributed by atoms with van der Waals surface area (Å²) in [4.78, 5) is 19.5. The lowest BCUT2D eigenvalue weighted by Crippen LogP contribution is -2.31. The van der Waals surface area contributed by atoms with Crippen molar-refractivity contribution in [2.24, 2.45) is 0 Å².